The lowest BCUT2D eigenvalue weighted by Crippen LogP contribution is -2.61. The minimum Gasteiger partial charge on any atom is -0.378 e. The number of nitrogens with one attached hydrogen (secondary N) is 1. The van der Waals surface area contributed by atoms with Crippen molar-refractivity contribution in [2.75, 3.05) is 6.61 Å². The minimum absolute atomic E-state index is 0.0285. The monoisotopic (exact) mass is 283 g/mol. The average Bonchev–Trinajstić information content (AvgIpc) is 2.37. The van der Waals surface area contributed by atoms with Gasteiger partial charge in [0.25, 0.3) is 0 Å². The molecule has 0 bridgehead atoms. The molecule has 0 amide bonds. The predicted octanol–water partition coefficient (Wildman–Crippen LogP) is 3.82. The van der Waals surface area contributed by atoms with Crippen LogP contribution in [0.5, 0.6) is 0 Å². The number of halogens is 2. The fourth-order valence-electron chi connectivity index (χ4n) is 2.90. The van der Waals surface area contributed by atoms with Gasteiger partial charge in [0.05, 0.1) is 6.10 Å². The van der Waals surface area contributed by atoms with E-state index in [0.717, 1.165) is 12.5 Å². The van der Waals surface area contributed by atoms with Crippen molar-refractivity contribution in [2.45, 2.75) is 52.3 Å². The molecule has 0 aromatic heterocycles. The third kappa shape index (κ3) is 2.86. The molecule has 0 heterocycles. The van der Waals surface area contributed by atoms with E-state index in [1.54, 1.807) is 0 Å². The Morgan fingerprint density at radius 3 is 2.65 bits per heavy atom. The number of rotatable bonds is 5. The maximum absolute atomic E-state index is 13.8. The molecule has 1 aromatic carbocycles. The van der Waals surface area contributed by atoms with Gasteiger partial charge >= 0.3 is 0 Å². The van der Waals surface area contributed by atoms with Crippen LogP contribution in [0.1, 0.15) is 45.7 Å². The molecule has 2 rings (SSSR count). The van der Waals surface area contributed by atoms with E-state index in [4.69, 9.17) is 4.74 Å². The summed E-state index contributed by atoms with van der Waals surface area (Å²) in [5.41, 5.74) is 0.530. The van der Waals surface area contributed by atoms with Crippen LogP contribution >= 0.6 is 0 Å². The van der Waals surface area contributed by atoms with E-state index in [1.165, 1.54) is 12.1 Å². The molecule has 3 atom stereocenters. The summed E-state index contributed by atoms with van der Waals surface area (Å²) in [5.74, 6) is -1.04. The van der Waals surface area contributed by atoms with Crippen LogP contribution in [0.25, 0.3) is 0 Å². The molecule has 0 spiro atoms. The van der Waals surface area contributed by atoms with Gasteiger partial charge in [-0.2, -0.15) is 0 Å². The molecule has 2 nitrogen and oxygen atoms in total. The zero-order chi connectivity index (χ0) is 14.9. The molecule has 0 aliphatic heterocycles. The Kier molecular flexibility index (Phi) is 4.45. The first-order valence-corrected chi connectivity index (χ1v) is 7.18. The van der Waals surface area contributed by atoms with Crippen LogP contribution in [0.3, 0.4) is 0 Å². The molecule has 1 aliphatic rings. The molecular formula is C16H23F2NO. The van der Waals surface area contributed by atoms with Gasteiger partial charge in [0.1, 0.15) is 11.6 Å². The van der Waals surface area contributed by atoms with Crippen molar-refractivity contribution in [1.29, 1.82) is 0 Å². The second kappa shape index (κ2) is 5.78. The maximum atomic E-state index is 13.8. The van der Waals surface area contributed by atoms with Crippen LogP contribution in [0.4, 0.5) is 8.78 Å². The van der Waals surface area contributed by atoms with Crippen molar-refractivity contribution >= 4 is 0 Å². The van der Waals surface area contributed by atoms with E-state index in [2.05, 4.69) is 19.2 Å². The quantitative estimate of drug-likeness (QED) is 0.887. The Labute approximate surface area is 119 Å². The molecular weight excluding hydrogens is 260 g/mol. The molecule has 0 radical (unpaired) electrons. The summed E-state index contributed by atoms with van der Waals surface area (Å²) in [6.07, 6.45) is 1.17. The molecule has 20 heavy (non-hydrogen) atoms. The van der Waals surface area contributed by atoms with E-state index >= 15 is 0 Å². The summed E-state index contributed by atoms with van der Waals surface area (Å²) in [5, 5.41) is 3.43. The standard InChI is InChI=1S/C16H23F2NO/c1-5-20-15-9-14(16(15,3)4)19-10(2)12-7-6-11(17)8-13(12)18/h6-8,10,14-15,19H,5,9H2,1-4H3. The van der Waals surface area contributed by atoms with Crippen LogP contribution in [-0.4, -0.2) is 18.8 Å². The summed E-state index contributed by atoms with van der Waals surface area (Å²) in [6.45, 7) is 8.92. The third-order valence-corrected chi connectivity index (χ3v) is 4.43. The van der Waals surface area contributed by atoms with E-state index < -0.39 is 11.6 Å². The topological polar surface area (TPSA) is 21.3 Å². The van der Waals surface area contributed by atoms with Gasteiger partial charge in [0, 0.05) is 35.7 Å². The molecule has 1 aromatic rings. The molecule has 1 fully saturated rings. The van der Waals surface area contributed by atoms with Crippen molar-refractivity contribution in [3.63, 3.8) is 0 Å². The zero-order valence-corrected chi connectivity index (χ0v) is 12.5. The van der Waals surface area contributed by atoms with Crippen LogP contribution in [0.15, 0.2) is 18.2 Å². The molecule has 4 heteroatoms. The fraction of sp³-hybridized carbons (Fsp3) is 0.625. The van der Waals surface area contributed by atoms with Crippen LogP contribution in [-0.2, 0) is 4.74 Å². The van der Waals surface area contributed by atoms with E-state index in [-0.39, 0.29) is 23.6 Å². The third-order valence-electron chi connectivity index (χ3n) is 4.43. The lowest BCUT2D eigenvalue weighted by molar-refractivity contribution is -0.116. The van der Waals surface area contributed by atoms with Gasteiger partial charge in [-0.05, 0) is 26.3 Å². The Bertz CT molecular complexity index is 476. The van der Waals surface area contributed by atoms with Crippen LogP contribution in [0, 0.1) is 17.0 Å². The molecule has 0 saturated heterocycles. The Morgan fingerprint density at radius 1 is 1.40 bits per heavy atom. The highest BCUT2D eigenvalue weighted by Gasteiger charge is 2.49. The van der Waals surface area contributed by atoms with Gasteiger partial charge in [-0.15, -0.1) is 0 Å². The van der Waals surface area contributed by atoms with Crippen molar-refractivity contribution < 1.29 is 13.5 Å². The normalized spacial score (nSPS) is 26.1. The molecule has 1 aliphatic carbocycles. The maximum Gasteiger partial charge on any atom is 0.130 e. The average molecular weight is 283 g/mol. The van der Waals surface area contributed by atoms with Gasteiger partial charge in [-0.1, -0.05) is 19.9 Å². The highest BCUT2D eigenvalue weighted by molar-refractivity contribution is 5.22. The molecule has 112 valence electrons. The second-order valence-corrected chi connectivity index (χ2v) is 6.11. The second-order valence-electron chi connectivity index (χ2n) is 6.11. The number of ether oxygens (including phenoxy) is 1. The van der Waals surface area contributed by atoms with Gasteiger partial charge in [0.2, 0.25) is 0 Å². The first kappa shape index (κ1) is 15.4. The summed E-state index contributed by atoms with van der Waals surface area (Å²) >= 11 is 0. The largest absolute Gasteiger partial charge is 0.378 e. The predicted molar refractivity (Wildman–Crippen MR) is 75.5 cm³/mol. The van der Waals surface area contributed by atoms with Crippen molar-refractivity contribution in [2.24, 2.45) is 5.41 Å². The van der Waals surface area contributed by atoms with Crippen LogP contribution in [0.2, 0.25) is 0 Å². The summed E-state index contributed by atoms with van der Waals surface area (Å²) in [6, 6.07) is 3.86. The number of hydrogen-bond acceptors (Lipinski definition) is 2. The van der Waals surface area contributed by atoms with E-state index in [0.29, 0.717) is 12.2 Å². The van der Waals surface area contributed by atoms with Gasteiger partial charge in [-0.3, -0.25) is 0 Å². The Morgan fingerprint density at radius 2 is 2.10 bits per heavy atom. The number of benzene rings is 1. The minimum atomic E-state index is -0.543. The first-order valence-electron chi connectivity index (χ1n) is 7.18. The van der Waals surface area contributed by atoms with Crippen LogP contribution < -0.4 is 5.32 Å². The Hall–Kier alpha value is -1.00. The number of hydrogen-bond donors (Lipinski definition) is 1. The van der Waals surface area contributed by atoms with Crippen molar-refractivity contribution in [1.82, 2.24) is 5.32 Å². The van der Waals surface area contributed by atoms with Crippen molar-refractivity contribution in [3.8, 4) is 0 Å². The van der Waals surface area contributed by atoms with Gasteiger partial charge in [0.15, 0.2) is 0 Å². The van der Waals surface area contributed by atoms with Gasteiger partial charge in [-0.25, -0.2) is 8.78 Å². The summed E-state index contributed by atoms with van der Waals surface area (Å²) in [4.78, 5) is 0. The molecule has 3 unspecified atom stereocenters. The molecule has 1 saturated carbocycles. The smallest absolute Gasteiger partial charge is 0.130 e. The van der Waals surface area contributed by atoms with E-state index in [1.807, 2.05) is 13.8 Å². The zero-order valence-electron chi connectivity index (χ0n) is 12.5. The van der Waals surface area contributed by atoms with Gasteiger partial charge < -0.3 is 10.1 Å². The lowest BCUT2D eigenvalue weighted by atomic mass is 9.64. The lowest BCUT2D eigenvalue weighted by Gasteiger charge is -2.52. The fourth-order valence-corrected chi connectivity index (χ4v) is 2.90. The van der Waals surface area contributed by atoms with Crippen molar-refractivity contribution in [3.05, 3.63) is 35.4 Å². The highest BCUT2D eigenvalue weighted by atomic mass is 19.1. The highest BCUT2D eigenvalue weighted by Crippen LogP contribution is 2.43. The Balaban J connectivity index is 2.01. The molecule has 1 N–H and O–H groups in total. The summed E-state index contributed by atoms with van der Waals surface area (Å²) < 4.78 is 32.4. The SMILES string of the molecule is CCOC1CC(NC(C)c2ccc(F)cc2F)C1(C)C. The first-order chi connectivity index (χ1) is 9.36. The van der Waals surface area contributed by atoms with E-state index in [9.17, 15) is 8.78 Å². The summed E-state index contributed by atoms with van der Waals surface area (Å²) in [7, 11) is 0.